The largest absolute Gasteiger partial charge is 0.379 e. The van der Waals surface area contributed by atoms with E-state index in [1.54, 1.807) is 0 Å². The fraction of sp³-hybridized carbons (Fsp3) is 0.923. The van der Waals surface area contributed by atoms with Crippen molar-refractivity contribution in [2.24, 2.45) is 11.7 Å². The molecule has 0 bridgehead atoms. The minimum Gasteiger partial charge on any atom is -0.379 e. The van der Waals surface area contributed by atoms with Crippen molar-refractivity contribution < 1.29 is 14.3 Å². The topological polar surface area (TPSA) is 73.6 Å². The molecule has 18 heavy (non-hydrogen) atoms. The SMILES string of the molecule is CC(C)C[C@H](N)C(=O)NCCCOC1CCOC1. The van der Waals surface area contributed by atoms with Crippen LogP contribution >= 0.6 is 0 Å². The highest BCUT2D eigenvalue weighted by Crippen LogP contribution is 2.08. The number of hydrogen-bond donors (Lipinski definition) is 2. The molecule has 1 amide bonds. The average molecular weight is 258 g/mol. The normalized spacial score (nSPS) is 21.2. The van der Waals surface area contributed by atoms with Crippen LogP contribution in [0.15, 0.2) is 0 Å². The van der Waals surface area contributed by atoms with Crippen molar-refractivity contribution in [2.45, 2.75) is 45.3 Å². The molecule has 1 aliphatic rings. The molecule has 0 aromatic carbocycles. The van der Waals surface area contributed by atoms with Gasteiger partial charge in [-0.15, -0.1) is 0 Å². The Labute approximate surface area is 109 Å². The first-order valence-electron chi connectivity index (χ1n) is 6.82. The van der Waals surface area contributed by atoms with E-state index >= 15 is 0 Å². The average Bonchev–Trinajstić information content (AvgIpc) is 2.80. The summed E-state index contributed by atoms with van der Waals surface area (Å²) in [5, 5.41) is 2.84. The number of ether oxygens (including phenoxy) is 2. The molecule has 1 aliphatic heterocycles. The lowest BCUT2D eigenvalue weighted by atomic mass is 10.0. The number of nitrogens with two attached hydrogens (primary N) is 1. The van der Waals surface area contributed by atoms with Gasteiger partial charge in [-0.25, -0.2) is 0 Å². The van der Waals surface area contributed by atoms with Crippen molar-refractivity contribution in [3.8, 4) is 0 Å². The van der Waals surface area contributed by atoms with Crippen molar-refractivity contribution in [3.05, 3.63) is 0 Å². The van der Waals surface area contributed by atoms with E-state index in [1.165, 1.54) is 0 Å². The number of nitrogens with one attached hydrogen (secondary N) is 1. The molecule has 0 aromatic rings. The predicted molar refractivity (Wildman–Crippen MR) is 70.2 cm³/mol. The van der Waals surface area contributed by atoms with Crippen LogP contribution in [-0.4, -0.2) is 44.4 Å². The van der Waals surface area contributed by atoms with Gasteiger partial charge in [0.25, 0.3) is 0 Å². The van der Waals surface area contributed by atoms with Crippen LogP contribution in [0.5, 0.6) is 0 Å². The molecule has 5 heteroatoms. The first kappa shape index (κ1) is 15.4. The van der Waals surface area contributed by atoms with Gasteiger partial charge in [0.15, 0.2) is 0 Å². The second-order valence-electron chi connectivity index (χ2n) is 5.24. The fourth-order valence-corrected chi connectivity index (χ4v) is 1.92. The zero-order valence-corrected chi connectivity index (χ0v) is 11.5. The van der Waals surface area contributed by atoms with Gasteiger partial charge in [-0.2, -0.15) is 0 Å². The van der Waals surface area contributed by atoms with Gasteiger partial charge in [0.1, 0.15) is 0 Å². The van der Waals surface area contributed by atoms with E-state index in [-0.39, 0.29) is 12.0 Å². The van der Waals surface area contributed by atoms with Crippen molar-refractivity contribution in [1.82, 2.24) is 5.32 Å². The Morgan fingerprint density at radius 1 is 1.56 bits per heavy atom. The van der Waals surface area contributed by atoms with Crippen LogP contribution in [0, 0.1) is 5.92 Å². The molecule has 1 heterocycles. The number of carbonyl (C=O) groups excluding carboxylic acids is 1. The monoisotopic (exact) mass is 258 g/mol. The lowest BCUT2D eigenvalue weighted by Crippen LogP contribution is -2.41. The Bertz CT molecular complexity index is 240. The van der Waals surface area contributed by atoms with Gasteiger partial charge in [0, 0.05) is 19.8 Å². The zero-order valence-electron chi connectivity index (χ0n) is 11.5. The van der Waals surface area contributed by atoms with E-state index in [1.807, 2.05) is 0 Å². The van der Waals surface area contributed by atoms with Crippen molar-refractivity contribution >= 4 is 5.91 Å². The molecule has 0 aromatic heterocycles. The molecule has 1 fully saturated rings. The third-order valence-corrected chi connectivity index (χ3v) is 2.92. The summed E-state index contributed by atoms with van der Waals surface area (Å²) in [4.78, 5) is 11.6. The summed E-state index contributed by atoms with van der Waals surface area (Å²) < 4.78 is 10.8. The molecule has 0 aliphatic carbocycles. The van der Waals surface area contributed by atoms with E-state index in [0.717, 1.165) is 25.9 Å². The maximum absolute atomic E-state index is 11.6. The van der Waals surface area contributed by atoms with Gasteiger partial charge >= 0.3 is 0 Å². The highest BCUT2D eigenvalue weighted by molar-refractivity contribution is 5.81. The summed E-state index contributed by atoms with van der Waals surface area (Å²) in [6, 6.07) is -0.394. The molecule has 1 rings (SSSR count). The van der Waals surface area contributed by atoms with Gasteiger partial charge in [-0.3, -0.25) is 4.79 Å². The summed E-state index contributed by atoms with van der Waals surface area (Å²) in [7, 11) is 0. The molecule has 106 valence electrons. The smallest absolute Gasteiger partial charge is 0.236 e. The first-order valence-corrected chi connectivity index (χ1v) is 6.82. The van der Waals surface area contributed by atoms with E-state index in [2.05, 4.69) is 19.2 Å². The Morgan fingerprint density at radius 2 is 2.33 bits per heavy atom. The molecule has 5 nitrogen and oxygen atoms in total. The minimum atomic E-state index is -0.394. The molecule has 1 unspecified atom stereocenters. The number of carbonyl (C=O) groups is 1. The van der Waals surface area contributed by atoms with Crippen molar-refractivity contribution in [3.63, 3.8) is 0 Å². The second-order valence-corrected chi connectivity index (χ2v) is 5.24. The lowest BCUT2D eigenvalue weighted by molar-refractivity contribution is -0.122. The fourth-order valence-electron chi connectivity index (χ4n) is 1.92. The van der Waals surface area contributed by atoms with Crippen LogP contribution in [-0.2, 0) is 14.3 Å². The predicted octanol–water partition coefficient (Wildman–Crippen LogP) is 0.672. The quantitative estimate of drug-likeness (QED) is 0.628. The second kappa shape index (κ2) is 8.45. The van der Waals surface area contributed by atoms with E-state index < -0.39 is 6.04 Å². The van der Waals surface area contributed by atoms with Crippen LogP contribution in [0.4, 0.5) is 0 Å². The molecule has 2 atom stereocenters. The minimum absolute atomic E-state index is 0.0621. The summed E-state index contributed by atoms with van der Waals surface area (Å²) in [6.45, 7) is 6.90. The van der Waals surface area contributed by atoms with Crippen LogP contribution < -0.4 is 11.1 Å². The van der Waals surface area contributed by atoms with Crippen molar-refractivity contribution in [1.29, 1.82) is 0 Å². The number of amides is 1. The van der Waals surface area contributed by atoms with Gasteiger partial charge in [-0.1, -0.05) is 13.8 Å². The summed E-state index contributed by atoms with van der Waals surface area (Å²) >= 11 is 0. The molecule has 3 N–H and O–H groups in total. The lowest BCUT2D eigenvalue weighted by Gasteiger charge is -2.14. The Morgan fingerprint density at radius 3 is 2.94 bits per heavy atom. The standard InChI is InChI=1S/C13H26N2O3/c1-10(2)8-12(14)13(16)15-5-3-6-18-11-4-7-17-9-11/h10-12H,3-9,14H2,1-2H3,(H,15,16)/t11?,12-/m0/s1. The number of hydrogen-bond acceptors (Lipinski definition) is 4. The Balaban J connectivity index is 1.97. The van der Waals surface area contributed by atoms with E-state index in [4.69, 9.17) is 15.2 Å². The van der Waals surface area contributed by atoms with Gasteiger partial charge < -0.3 is 20.5 Å². The molecule has 0 spiro atoms. The maximum Gasteiger partial charge on any atom is 0.236 e. The summed E-state index contributed by atoms with van der Waals surface area (Å²) in [5.74, 6) is 0.379. The van der Waals surface area contributed by atoms with Crippen LogP contribution in [0.1, 0.15) is 33.1 Å². The summed E-state index contributed by atoms with van der Waals surface area (Å²) in [6.07, 6.45) is 2.76. The first-order chi connectivity index (χ1) is 8.59. The van der Waals surface area contributed by atoms with Crippen molar-refractivity contribution in [2.75, 3.05) is 26.4 Å². The molecule has 0 saturated carbocycles. The van der Waals surface area contributed by atoms with Crippen LogP contribution in [0.25, 0.3) is 0 Å². The van der Waals surface area contributed by atoms with Gasteiger partial charge in [0.2, 0.25) is 5.91 Å². The Hall–Kier alpha value is -0.650. The van der Waals surface area contributed by atoms with E-state index in [9.17, 15) is 4.79 Å². The third kappa shape index (κ3) is 6.33. The van der Waals surface area contributed by atoms with Gasteiger partial charge in [-0.05, 0) is 25.2 Å². The van der Waals surface area contributed by atoms with Gasteiger partial charge in [0.05, 0.1) is 18.8 Å². The molecule has 1 saturated heterocycles. The number of rotatable bonds is 8. The zero-order chi connectivity index (χ0) is 13.4. The highest BCUT2D eigenvalue weighted by Gasteiger charge is 2.16. The van der Waals surface area contributed by atoms with Crippen LogP contribution in [0.2, 0.25) is 0 Å². The maximum atomic E-state index is 11.6. The molecular weight excluding hydrogens is 232 g/mol. The Kier molecular flexibility index (Phi) is 7.23. The molecule has 0 radical (unpaired) electrons. The van der Waals surface area contributed by atoms with Crippen LogP contribution in [0.3, 0.4) is 0 Å². The summed E-state index contributed by atoms with van der Waals surface area (Å²) in [5.41, 5.74) is 5.77. The third-order valence-electron chi connectivity index (χ3n) is 2.92. The highest BCUT2D eigenvalue weighted by atomic mass is 16.5. The van der Waals surface area contributed by atoms with E-state index in [0.29, 0.717) is 25.7 Å². The molecular formula is C13H26N2O3.